The van der Waals surface area contributed by atoms with Crippen LogP contribution in [0.5, 0.6) is 11.6 Å². The second-order valence-electron chi connectivity index (χ2n) is 6.13. The quantitative estimate of drug-likeness (QED) is 0.858. The number of aryl methyl sites for hydroxylation is 1. The normalized spacial score (nSPS) is 11.5. The summed E-state index contributed by atoms with van der Waals surface area (Å²) in [6.07, 6.45) is 1.86. The standard InChI is InChI=1S/C17H21BrN2O/c1-12-9-13(11-20-17(2,3)4)10-19-16(12)21-15-7-5-14(18)6-8-15/h5-10,20H,11H2,1-4H3. The van der Waals surface area contributed by atoms with Crippen LogP contribution in [0.25, 0.3) is 0 Å². The van der Waals surface area contributed by atoms with Crippen molar-refractivity contribution in [2.45, 2.75) is 39.8 Å². The molecule has 0 aliphatic rings. The van der Waals surface area contributed by atoms with E-state index in [0.717, 1.165) is 27.9 Å². The highest BCUT2D eigenvalue weighted by atomic mass is 79.9. The molecule has 0 radical (unpaired) electrons. The molecule has 0 saturated carbocycles. The molecule has 0 atom stereocenters. The number of pyridine rings is 1. The van der Waals surface area contributed by atoms with Gasteiger partial charge in [-0.2, -0.15) is 0 Å². The number of nitrogens with zero attached hydrogens (tertiary/aromatic N) is 1. The van der Waals surface area contributed by atoms with Crippen LogP contribution < -0.4 is 10.1 Å². The zero-order chi connectivity index (χ0) is 15.5. The summed E-state index contributed by atoms with van der Waals surface area (Å²) in [6, 6.07) is 9.85. The number of ether oxygens (including phenoxy) is 1. The van der Waals surface area contributed by atoms with E-state index in [0.29, 0.717) is 5.88 Å². The van der Waals surface area contributed by atoms with Gasteiger partial charge in [0.05, 0.1) is 0 Å². The van der Waals surface area contributed by atoms with Gasteiger partial charge in [-0.25, -0.2) is 4.98 Å². The maximum Gasteiger partial charge on any atom is 0.222 e. The number of nitrogens with one attached hydrogen (secondary N) is 1. The lowest BCUT2D eigenvalue weighted by Gasteiger charge is -2.20. The molecule has 0 saturated heterocycles. The third-order valence-corrected chi connectivity index (χ3v) is 3.47. The van der Waals surface area contributed by atoms with Gasteiger partial charge < -0.3 is 10.1 Å². The third-order valence-electron chi connectivity index (χ3n) is 2.94. The highest BCUT2D eigenvalue weighted by Crippen LogP contribution is 2.24. The van der Waals surface area contributed by atoms with Gasteiger partial charge in [-0.3, -0.25) is 0 Å². The molecule has 1 aromatic heterocycles. The first-order chi connectivity index (χ1) is 9.83. The first-order valence-electron chi connectivity index (χ1n) is 6.97. The van der Waals surface area contributed by atoms with Crippen molar-refractivity contribution in [1.82, 2.24) is 10.3 Å². The Balaban J connectivity index is 2.07. The summed E-state index contributed by atoms with van der Waals surface area (Å²) in [5.41, 5.74) is 2.29. The van der Waals surface area contributed by atoms with Gasteiger partial charge in [0.2, 0.25) is 5.88 Å². The second-order valence-corrected chi connectivity index (χ2v) is 7.04. The zero-order valence-electron chi connectivity index (χ0n) is 12.9. The molecule has 0 bridgehead atoms. The minimum absolute atomic E-state index is 0.0977. The molecule has 21 heavy (non-hydrogen) atoms. The molecule has 0 aliphatic carbocycles. The number of hydrogen-bond donors (Lipinski definition) is 1. The summed E-state index contributed by atoms with van der Waals surface area (Å²) >= 11 is 3.41. The molecule has 112 valence electrons. The predicted molar refractivity (Wildman–Crippen MR) is 89.8 cm³/mol. The topological polar surface area (TPSA) is 34.2 Å². The Morgan fingerprint density at radius 3 is 2.43 bits per heavy atom. The largest absolute Gasteiger partial charge is 0.439 e. The monoisotopic (exact) mass is 348 g/mol. The Hall–Kier alpha value is -1.39. The van der Waals surface area contributed by atoms with Gasteiger partial charge in [0, 0.05) is 28.3 Å². The summed E-state index contributed by atoms with van der Waals surface area (Å²) < 4.78 is 6.84. The van der Waals surface area contributed by atoms with Gasteiger partial charge in [-0.05, 0) is 63.6 Å². The van der Waals surface area contributed by atoms with Gasteiger partial charge >= 0.3 is 0 Å². The van der Waals surface area contributed by atoms with Gasteiger partial charge in [0.1, 0.15) is 5.75 Å². The molecular weight excluding hydrogens is 328 g/mol. The van der Waals surface area contributed by atoms with Crippen molar-refractivity contribution in [3.05, 3.63) is 52.1 Å². The first-order valence-corrected chi connectivity index (χ1v) is 7.77. The molecule has 0 fully saturated rings. The van der Waals surface area contributed by atoms with Crippen LogP contribution in [0.1, 0.15) is 31.9 Å². The van der Waals surface area contributed by atoms with Crippen LogP contribution >= 0.6 is 15.9 Å². The number of halogens is 1. The number of aromatic nitrogens is 1. The van der Waals surface area contributed by atoms with Crippen molar-refractivity contribution in [1.29, 1.82) is 0 Å². The number of benzene rings is 1. The van der Waals surface area contributed by atoms with Crippen molar-refractivity contribution >= 4 is 15.9 Å². The van der Waals surface area contributed by atoms with E-state index in [4.69, 9.17) is 4.74 Å². The van der Waals surface area contributed by atoms with Crippen LogP contribution in [0.2, 0.25) is 0 Å². The number of rotatable bonds is 4. The van der Waals surface area contributed by atoms with Crippen molar-refractivity contribution < 1.29 is 4.74 Å². The van der Waals surface area contributed by atoms with Gasteiger partial charge in [-0.1, -0.05) is 15.9 Å². The van der Waals surface area contributed by atoms with E-state index >= 15 is 0 Å². The fourth-order valence-electron chi connectivity index (χ4n) is 1.81. The summed E-state index contributed by atoms with van der Waals surface area (Å²) in [4.78, 5) is 4.42. The van der Waals surface area contributed by atoms with Crippen molar-refractivity contribution in [2.75, 3.05) is 0 Å². The SMILES string of the molecule is Cc1cc(CNC(C)(C)C)cnc1Oc1ccc(Br)cc1. The molecule has 0 unspecified atom stereocenters. The van der Waals surface area contributed by atoms with E-state index in [1.807, 2.05) is 37.4 Å². The third kappa shape index (κ3) is 5.14. The Labute approximate surface area is 134 Å². The molecular formula is C17H21BrN2O. The summed E-state index contributed by atoms with van der Waals surface area (Å²) in [6.45, 7) is 9.27. The van der Waals surface area contributed by atoms with E-state index < -0.39 is 0 Å². The summed E-state index contributed by atoms with van der Waals surface area (Å²) in [5.74, 6) is 1.44. The minimum atomic E-state index is 0.0977. The second kappa shape index (κ2) is 6.58. The van der Waals surface area contributed by atoms with Gasteiger partial charge in [0.15, 0.2) is 0 Å². The lowest BCUT2D eigenvalue weighted by Crippen LogP contribution is -2.35. The maximum atomic E-state index is 5.81. The highest BCUT2D eigenvalue weighted by Gasteiger charge is 2.10. The molecule has 0 aliphatic heterocycles. The molecule has 2 rings (SSSR count). The van der Waals surface area contributed by atoms with Crippen LogP contribution in [-0.2, 0) is 6.54 Å². The molecule has 0 spiro atoms. The molecule has 1 heterocycles. The smallest absolute Gasteiger partial charge is 0.222 e. The Morgan fingerprint density at radius 2 is 1.86 bits per heavy atom. The average molecular weight is 349 g/mol. The molecule has 0 amide bonds. The molecule has 2 aromatic rings. The predicted octanol–water partition coefficient (Wildman–Crippen LogP) is 4.83. The Morgan fingerprint density at radius 1 is 1.19 bits per heavy atom. The molecule has 1 N–H and O–H groups in total. The summed E-state index contributed by atoms with van der Waals surface area (Å²) in [5, 5.41) is 3.45. The van der Waals surface area contributed by atoms with Crippen LogP contribution in [-0.4, -0.2) is 10.5 Å². The maximum absolute atomic E-state index is 5.81. The average Bonchev–Trinajstić information content (AvgIpc) is 2.41. The molecule has 3 nitrogen and oxygen atoms in total. The van der Waals surface area contributed by atoms with Crippen LogP contribution in [0.15, 0.2) is 41.0 Å². The lowest BCUT2D eigenvalue weighted by molar-refractivity contribution is 0.422. The van der Waals surface area contributed by atoms with Gasteiger partial charge in [-0.15, -0.1) is 0 Å². The number of hydrogen-bond acceptors (Lipinski definition) is 3. The van der Waals surface area contributed by atoms with Crippen molar-refractivity contribution in [3.8, 4) is 11.6 Å². The first kappa shape index (κ1) is 16.0. The fourth-order valence-corrected chi connectivity index (χ4v) is 2.07. The highest BCUT2D eigenvalue weighted by molar-refractivity contribution is 9.10. The van der Waals surface area contributed by atoms with E-state index in [2.05, 4.69) is 53.1 Å². The van der Waals surface area contributed by atoms with E-state index in [1.54, 1.807) is 0 Å². The van der Waals surface area contributed by atoms with E-state index in [1.165, 1.54) is 0 Å². The Kier molecular flexibility index (Phi) is 5.01. The zero-order valence-corrected chi connectivity index (χ0v) is 14.5. The Bertz CT molecular complexity index is 603. The van der Waals surface area contributed by atoms with Crippen molar-refractivity contribution in [2.24, 2.45) is 0 Å². The van der Waals surface area contributed by atoms with E-state index in [9.17, 15) is 0 Å². The molecule has 4 heteroatoms. The van der Waals surface area contributed by atoms with Crippen molar-refractivity contribution in [3.63, 3.8) is 0 Å². The summed E-state index contributed by atoms with van der Waals surface area (Å²) in [7, 11) is 0. The minimum Gasteiger partial charge on any atom is -0.439 e. The van der Waals surface area contributed by atoms with Crippen LogP contribution in [0, 0.1) is 6.92 Å². The van der Waals surface area contributed by atoms with Gasteiger partial charge in [0.25, 0.3) is 0 Å². The fraction of sp³-hybridized carbons (Fsp3) is 0.353. The van der Waals surface area contributed by atoms with E-state index in [-0.39, 0.29) is 5.54 Å². The van der Waals surface area contributed by atoms with Crippen LogP contribution in [0.4, 0.5) is 0 Å². The molecule has 1 aromatic carbocycles. The van der Waals surface area contributed by atoms with Crippen LogP contribution in [0.3, 0.4) is 0 Å². The lowest BCUT2D eigenvalue weighted by atomic mass is 10.1.